The topological polar surface area (TPSA) is 41.1 Å². The van der Waals surface area contributed by atoms with E-state index in [0.717, 1.165) is 31.7 Å². The first-order valence-electron chi connectivity index (χ1n) is 7.17. The lowest BCUT2D eigenvalue weighted by molar-refractivity contribution is -0.137. The maximum absolute atomic E-state index is 13.1. The maximum Gasteiger partial charge on any atom is 0.418 e. The predicted octanol–water partition coefficient (Wildman–Crippen LogP) is 3.81. The van der Waals surface area contributed by atoms with Gasteiger partial charge < -0.3 is 10.6 Å². The minimum Gasteiger partial charge on any atom is -0.385 e. The first-order chi connectivity index (χ1) is 9.91. The van der Waals surface area contributed by atoms with Crippen molar-refractivity contribution in [2.45, 2.75) is 44.8 Å². The summed E-state index contributed by atoms with van der Waals surface area (Å²) in [5.41, 5.74) is -0.724. The molecule has 1 amide bonds. The molecule has 0 unspecified atom stereocenters. The third-order valence-corrected chi connectivity index (χ3v) is 3.59. The van der Waals surface area contributed by atoms with Crippen molar-refractivity contribution >= 4 is 11.6 Å². The van der Waals surface area contributed by atoms with Gasteiger partial charge in [0.05, 0.1) is 5.56 Å². The van der Waals surface area contributed by atoms with E-state index in [4.69, 9.17) is 0 Å². The summed E-state index contributed by atoms with van der Waals surface area (Å²) >= 11 is 0. The van der Waals surface area contributed by atoms with Crippen molar-refractivity contribution in [1.29, 1.82) is 0 Å². The van der Waals surface area contributed by atoms with Gasteiger partial charge in [0.15, 0.2) is 0 Å². The van der Waals surface area contributed by atoms with E-state index >= 15 is 0 Å². The summed E-state index contributed by atoms with van der Waals surface area (Å²) in [5.74, 6) is -0.438. The minimum absolute atomic E-state index is 0.0181. The van der Waals surface area contributed by atoms with Crippen LogP contribution in [-0.4, -0.2) is 18.5 Å². The molecule has 0 aliphatic heterocycles. The Bertz CT molecular complexity index is 510. The zero-order valence-corrected chi connectivity index (χ0v) is 11.9. The highest BCUT2D eigenvalue weighted by molar-refractivity contribution is 5.95. The van der Waals surface area contributed by atoms with Gasteiger partial charge in [-0.05, 0) is 43.9 Å². The van der Waals surface area contributed by atoms with Gasteiger partial charge >= 0.3 is 6.18 Å². The van der Waals surface area contributed by atoms with Gasteiger partial charge in [0.25, 0.3) is 5.91 Å². The van der Waals surface area contributed by atoms with E-state index in [2.05, 4.69) is 10.6 Å². The number of carbonyl (C=O) groups is 1. The standard InChI is InChI=1S/C15H19F3N2O/c1-2-8-19-13-7-6-10(9-12(13)15(16,17)18)14(21)20-11-4-3-5-11/h6-7,9,11,19H,2-5,8H2,1H3,(H,20,21). The average molecular weight is 300 g/mol. The highest BCUT2D eigenvalue weighted by Crippen LogP contribution is 2.35. The summed E-state index contributed by atoms with van der Waals surface area (Å²) in [6.45, 7) is 2.33. The molecule has 1 aromatic rings. The van der Waals surface area contributed by atoms with Gasteiger partial charge in [-0.25, -0.2) is 0 Å². The van der Waals surface area contributed by atoms with Crippen molar-refractivity contribution in [3.8, 4) is 0 Å². The lowest BCUT2D eigenvalue weighted by atomic mass is 9.93. The molecule has 1 aliphatic carbocycles. The van der Waals surface area contributed by atoms with Gasteiger partial charge in [-0.1, -0.05) is 6.92 Å². The Kier molecular flexibility index (Phi) is 4.75. The van der Waals surface area contributed by atoms with Crippen molar-refractivity contribution in [3.05, 3.63) is 29.3 Å². The van der Waals surface area contributed by atoms with E-state index < -0.39 is 17.6 Å². The number of hydrogen-bond donors (Lipinski definition) is 2. The largest absolute Gasteiger partial charge is 0.418 e. The highest BCUT2D eigenvalue weighted by atomic mass is 19.4. The van der Waals surface area contributed by atoms with E-state index in [1.54, 1.807) is 0 Å². The van der Waals surface area contributed by atoms with Crippen molar-refractivity contribution in [2.24, 2.45) is 0 Å². The third kappa shape index (κ3) is 3.89. The fourth-order valence-corrected chi connectivity index (χ4v) is 2.16. The second-order valence-electron chi connectivity index (χ2n) is 5.29. The molecule has 1 fully saturated rings. The van der Waals surface area contributed by atoms with Crippen molar-refractivity contribution < 1.29 is 18.0 Å². The monoisotopic (exact) mass is 300 g/mol. The molecular formula is C15H19F3N2O. The molecule has 3 nitrogen and oxygen atoms in total. The van der Waals surface area contributed by atoms with Gasteiger partial charge in [0, 0.05) is 23.8 Å². The Morgan fingerprint density at radius 1 is 1.33 bits per heavy atom. The molecule has 21 heavy (non-hydrogen) atoms. The molecule has 0 heterocycles. The van der Waals surface area contributed by atoms with E-state index in [9.17, 15) is 18.0 Å². The fraction of sp³-hybridized carbons (Fsp3) is 0.533. The van der Waals surface area contributed by atoms with Crippen LogP contribution in [0.3, 0.4) is 0 Å². The number of benzene rings is 1. The molecular weight excluding hydrogens is 281 g/mol. The molecule has 1 aliphatic rings. The van der Waals surface area contributed by atoms with Crippen LogP contribution < -0.4 is 10.6 Å². The number of amides is 1. The van der Waals surface area contributed by atoms with Crippen molar-refractivity contribution in [3.63, 3.8) is 0 Å². The van der Waals surface area contributed by atoms with Crippen LogP contribution in [0.5, 0.6) is 0 Å². The summed E-state index contributed by atoms with van der Waals surface area (Å²) in [4.78, 5) is 12.0. The zero-order valence-electron chi connectivity index (χ0n) is 11.9. The Hall–Kier alpha value is -1.72. The predicted molar refractivity (Wildman–Crippen MR) is 75.3 cm³/mol. The number of alkyl halides is 3. The molecule has 2 rings (SSSR count). The summed E-state index contributed by atoms with van der Waals surface area (Å²) in [6, 6.07) is 3.78. The number of halogens is 3. The number of nitrogens with one attached hydrogen (secondary N) is 2. The lowest BCUT2D eigenvalue weighted by Crippen LogP contribution is -2.39. The van der Waals surface area contributed by atoms with Gasteiger partial charge in [-0.3, -0.25) is 4.79 Å². The summed E-state index contributed by atoms with van der Waals surface area (Å²) in [5, 5.41) is 5.49. The van der Waals surface area contributed by atoms with Gasteiger partial charge in [0.1, 0.15) is 0 Å². The smallest absolute Gasteiger partial charge is 0.385 e. The molecule has 0 atom stereocenters. The van der Waals surface area contributed by atoms with Gasteiger partial charge in [0.2, 0.25) is 0 Å². The van der Waals surface area contributed by atoms with Gasteiger partial charge in [-0.2, -0.15) is 13.2 Å². The molecule has 0 saturated heterocycles. The molecule has 2 N–H and O–H groups in total. The summed E-state index contributed by atoms with van der Waals surface area (Å²) in [6.07, 6.45) is -0.912. The second kappa shape index (κ2) is 6.37. The Balaban J connectivity index is 2.21. The van der Waals surface area contributed by atoms with Crippen LogP contribution in [0.25, 0.3) is 0 Å². The van der Waals surface area contributed by atoms with Crippen molar-refractivity contribution in [2.75, 3.05) is 11.9 Å². The first kappa shape index (κ1) is 15.7. The van der Waals surface area contributed by atoms with Crippen LogP contribution >= 0.6 is 0 Å². The fourth-order valence-electron chi connectivity index (χ4n) is 2.16. The molecule has 0 bridgehead atoms. The van der Waals surface area contributed by atoms with Crippen LogP contribution in [0, 0.1) is 0 Å². The van der Waals surface area contributed by atoms with E-state index in [-0.39, 0.29) is 17.3 Å². The molecule has 6 heteroatoms. The van der Waals surface area contributed by atoms with E-state index in [1.165, 1.54) is 12.1 Å². The quantitative estimate of drug-likeness (QED) is 0.868. The molecule has 1 aromatic carbocycles. The van der Waals surface area contributed by atoms with Crippen LogP contribution in [0.15, 0.2) is 18.2 Å². The Morgan fingerprint density at radius 2 is 2.05 bits per heavy atom. The molecule has 0 spiro atoms. The summed E-state index contributed by atoms with van der Waals surface area (Å²) in [7, 11) is 0. The van der Waals surface area contributed by atoms with Crippen molar-refractivity contribution in [1.82, 2.24) is 5.32 Å². The van der Waals surface area contributed by atoms with Crippen LogP contribution in [-0.2, 0) is 6.18 Å². The zero-order chi connectivity index (χ0) is 15.5. The third-order valence-electron chi connectivity index (χ3n) is 3.59. The second-order valence-corrected chi connectivity index (χ2v) is 5.29. The number of hydrogen-bond acceptors (Lipinski definition) is 2. The first-order valence-corrected chi connectivity index (χ1v) is 7.17. The van der Waals surface area contributed by atoms with Crippen LogP contribution in [0.1, 0.15) is 48.5 Å². The highest BCUT2D eigenvalue weighted by Gasteiger charge is 2.34. The molecule has 0 aromatic heterocycles. The van der Waals surface area contributed by atoms with E-state index in [0.29, 0.717) is 6.54 Å². The van der Waals surface area contributed by atoms with Gasteiger partial charge in [-0.15, -0.1) is 0 Å². The van der Waals surface area contributed by atoms with E-state index in [1.807, 2.05) is 6.92 Å². The molecule has 116 valence electrons. The maximum atomic E-state index is 13.1. The Morgan fingerprint density at radius 3 is 2.57 bits per heavy atom. The average Bonchev–Trinajstić information content (AvgIpc) is 2.39. The minimum atomic E-state index is -4.48. The SMILES string of the molecule is CCCNc1ccc(C(=O)NC2CCC2)cc1C(F)(F)F. The normalized spacial score (nSPS) is 15.4. The molecule has 0 radical (unpaired) electrons. The Labute approximate surface area is 121 Å². The van der Waals surface area contributed by atoms with Crippen LogP contribution in [0.4, 0.5) is 18.9 Å². The number of carbonyl (C=O) groups excluding carboxylic acids is 1. The molecule has 1 saturated carbocycles. The van der Waals surface area contributed by atoms with Crippen LogP contribution in [0.2, 0.25) is 0 Å². The number of anilines is 1. The lowest BCUT2D eigenvalue weighted by Gasteiger charge is -2.26. The number of rotatable bonds is 5. The summed E-state index contributed by atoms with van der Waals surface area (Å²) < 4.78 is 39.3.